The lowest BCUT2D eigenvalue weighted by Crippen LogP contribution is -2.30. The van der Waals surface area contributed by atoms with Crippen LogP contribution in [0.3, 0.4) is 0 Å². The summed E-state index contributed by atoms with van der Waals surface area (Å²) in [4.78, 5) is 0. The van der Waals surface area contributed by atoms with Gasteiger partial charge in [-0.05, 0) is 18.6 Å². The van der Waals surface area contributed by atoms with E-state index >= 15 is 0 Å². The largest absolute Gasteiger partial charge is 0.373 e. The Hall–Kier alpha value is -0.280. The zero-order chi connectivity index (χ0) is 13.1. The highest BCUT2D eigenvalue weighted by atomic mass is 35.5. The van der Waals surface area contributed by atoms with Crippen LogP contribution in [-0.2, 0) is 4.74 Å². The first-order valence-electron chi connectivity index (χ1n) is 6.38. The Labute approximate surface area is 119 Å². The van der Waals surface area contributed by atoms with E-state index in [4.69, 9.17) is 27.9 Å². The van der Waals surface area contributed by atoms with E-state index in [2.05, 4.69) is 19.2 Å². The quantitative estimate of drug-likeness (QED) is 0.901. The van der Waals surface area contributed by atoms with Crippen LogP contribution >= 0.6 is 23.2 Å². The lowest BCUT2D eigenvalue weighted by Gasteiger charge is -2.22. The van der Waals surface area contributed by atoms with E-state index in [1.54, 1.807) is 0 Å². The average molecular weight is 288 g/mol. The molecule has 1 heterocycles. The number of ether oxygens (including phenoxy) is 1. The minimum Gasteiger partial charge on any atom is -0.373 e. The van der Waals surface area contributed by atoms with Crippen molar-refractivity contribution in [2.24, 2.45) is 5.92 Å². The third-order valence-electron chi connectivity index (χ3n) is 3.29. The second-order valence-electron chi connectivity index (χ2n) is 5.04. The zero-order valence-electron chi connectivity index (χ0n) is 10.7. The van der Waals surface area contributed by atoms with Crippen molar-refractivity contribution >= 4 is 23.2 Å². The van der Waals surface area contributed by atoms with Crippen molar-refractivity contribution in [3.63, 3.8) is 0 Å². The molecular formula is C14H19Cl2NO. The normalized spacial score (nSPS) is 23.8. The fourth-order valence-electron chi connectivity index (χ4n) is 2.33. The topological polar surface area (TPSA) is 21.3 Å². The van der Waals surface area contributed by atoms with Gasteiger partial charge < -0.3 is 10.1 Å². The fourth-order valence-corrected chi connectivity index (χ4v) is 2.94. The number of nitrogens with one attached hydrogen (secondary N) is 1. The van der Waals surface area contributed by atoms with E-state index in [0.29, 0.717) is 22.0 Å². The van der Waals surface area contributed by atoms with Crippen LogP contribution in [0.15, 0.2) is 18.2 Å². The summed E-state index contributed by atoms with van der Waals surface area (Å²) < 4.78 is 5.84. The van der Waals surface area contributed by atoms with Gasteiger partial charge in [0.1, 0.15) is 0 Å². The Morgan fingerprint density at radius 2 is 2.00 bits per heavy atom. The van der Waals surface area contributed by atoms with Gasteiger partial charge in [0.25, 0.3) is 0 Å². The molecule has 0 aromatic heterocycles. The SMILES string of the molecule is CC(C)NCC1CCOC1c1c(Cl)cccc1Cl. The predicted molar refractivity (Wildman–Crippen MR) is 76.4 cm³/mol. The van der Waals surface area contributed by atoms with Gasteiger partial charge in [0.15, 0.2) is 0 Å². The van der Waals surface area contributed by atoms with Gasteiger partial charge in [-0.3, -0.25) is 0 Å². The first-order chi connectivity index (χ1) is 8.59. The summed E-state index contributed by atoms with van der Waals surface area (Å²) in [5, 5.41) is 4.86. The van der Waals surface area contributed by atoms with Crippen molar-refractivity contribution in [1.29, 1.82) is 0 Å². The highest BCUT2D eigenvalue weighted by Crippen LogP contribution is 2.41. The van der Waals surface area contributed by atoms with Crippen molar-refractivity contribution < 1.29 is 4.74 Å². The van der Waals surface area contributed by atoms with Crippen LogP contribution in [0.25, 0.3) is 0 Å². The molecule has 100 valence electrons. The van der Waals surface area contributed by atoms with E-state index in [1.807, 2.05) is 18.2 Å². The van der Waals surface area contributed by atoms with Gasteiger partial charge >= 0.3 is 0 Å². The van der Waals surface area contributed by atoms with Crippen LogP contribution in [0.2, 0.25) is 10.0 Å². The van der Waals surface area contributed by atoms with E-state index in [9.17, 15) is 0 Å². The molecule has 0 amide bonds. The van der Waals surface area contributed by atoms with Gasteiger partial charge in [-0.25, -0.2) is 0 Å². The lowest BCUT2D eigenvalue weighted by atomic mass is 9.95. The van der Waals surface area contributed by atoms with Gasteiger partial charge in [-0.2, -0.15) is 0 Å². The minimum atomic E-state index is 0.0115. The summed E-state index contributed by atoms with van der Waals surface area (Å²) in [6.07, 6.45) is 1.06. The molecular weight excluding hydrogens is 269 g/mol. The second-order valence-corrected chi connectivity index (χ2v) is 5.85. The highest BCUT2D eigenvalue weighted by molar-refractivity contribution is 6.36. The summed E-state index contributed by atoms with van der Waals surface area (Å²) in [6.45, 7) is 6.00. The Kier molecular flexibility index (Phi) is 4.91. The Morgan fingerprint density at radius 1 is 1.33 bits per heavy atom. The van der Waals surface area contributed by atoms with Gasteiger partial charge in [0.2, 0.25) is 0 Å². The maximum Gasteiger partial charge on any atom is 0.0894 e. The van der Waals surface area contributed by atoms with Crippen LogP contribution < -0.4 is 5.32 Å². The average Bonchev–Trinajstić information content (AvgIpc) is 2.74. The molecule has 0 spiro atoms. The van der Waals surface area contributed by atoms with Gasteiger partial charge in [0, 0.05) is 40.7 Å². The number of benzene rings is 1. The third kappa shape index (κ3) is 3.18. The summed E-state index contributed by atoms with van der Waals surface area (Å²) in [5.74, 6) is 0.435. The molecule has 1 aromatic rings. The molecule has 1 aromatic carbocycles. The van der Waals surface area contributed by atoms with Crippen LogP contribution in [0.1, 0.15) is 31.9 Å². The van der Waals surface area contributed by atoms with Crippen molar-refractivity contribution in [3.05, 3.63) is 33.8 Å². The van der Waals surface area contributed by atoms with Crippen LogP contribution in [0.5, 0.6) is 0 Å². The van der Waals surface area contributed by atoms with Crippen LogP contribution in [0, 0.1) is 5.92 Å². The summed E-state index contributed by atoms with van der Waals surface area (Å²) in [7, 11) is 0. The van der Waals surface area contributed by atoms with Crippen LogP contribution in [0.4, 0.5) is 0 Å². The molecule has 1 fully saturated rings. The lowest BCUT2D eigenvalue weighted by molar-refractivity contribution is 0.0902. The molecule has 1 aliphatic heterocycles. The molecule has 1 saturated heterocycles. The van der Waals surface area contributed by atoms with Crippen molar-refractivity contribution in [1.82, 2.24) is 5.32 Å². The molecule has 2 atom stereocenters. The van der Waals surface area contributed by atoms with Crippen LogP contribution in [-0.4, -0.2) is 19.2 Å². The molecule has 1 aliphatic rings. The second kappa shape index (κ2) is 6.25. The fraction of sp³-hybridized carbons (Fsp3) is 0.571. The highest BCUT2D eigenvalue weighted by Gasteiger charge is 2.32. The molecule has 0 bridgehead atoms. The monoisotopic (exact) mass is 287 g/mol. The maximum absolute atomic E-state index is 6.25. The Bertz CT molecular complexity index is 389. The molecule has 18 heavy (non-hydrogen) atoms. The zero-order valence-corrected chi connectivity index (χ0v) is 12.3. The van der Waals surface area contributed by atoms with Crippen molar-refractivity contribution in [2.45, 2.75) is 32.4 Å². The molecule has 4 heteroatoms. The van der Waals surface area contributed by atoms with Crippen molar-refractivity contribution in [2.75, 3.05) is 13.2 Å². The van der Waals surface area contributed by atoms with Gasteiger partial charge in [0.05, 0.1) is 6.10 Å². The van der Waals surface area contributed by atoms with E-state index in [-0.39, 0.29) is 6.10 Å². The van der Waals surface area contributed by atoms with E-state index < -0.39 is 0 Å². The molecule has 0 radical (unpaired) electrons. The standard InChI is InChI=1S/C14H19Cl2NO/c1-9(2)17-8-10-6-7-18-14(10)13-11(15)4-3-5-12(13)16/h3-5,9-10,14,17H,6-8H2,1-2H3. The Morgan fingerprint density at radius 3 is 2.61 bits per heavy atom. The molecule has 2 nitrogen and oxygen atoms in total. The number of hydrogen-bond acceptors (Lipinski definition) is 2. The Balaban J connectivity index is 2.16. The minimum absolute atomic E-state index is 0.0115. The van der Waals surface area contributed by atoms with E-state index in [1.165, 1.54) is 0 Å². The van der Waals surface area contributed by atoms with E-state index in [0.717, 1.165) is 25.1 Å². The first-order valence-corrected chi connectivity index (χ1v) is 7.14. The van der Waals surface area contributed by atoms with Gasteiger partial charge in [-0.1, -0.05) is 43.1 Å². The predicted octanol–water partition coefficient (Wildman–Crippen LogP) is 4.07. The number of rotatable bonds is 4. The summed E-state index contributed by atoms with van der Waals surface area (Å²) in [6, 6.07) is 6.09. The molecule has 0 saturated carbocycles. The molecule has 2 rings (SSSR count). The van der Waals surface area contributed by atoms with Crippen molar-refractivity contribution in [3.8, 4) is 0 Å². The third-order valence-corrected chi connectivity index (χ3v) is 3.95. The molecule has 2 unspecified atom stereocenters. The number of hydrogen-bond donors (Lipinski definition) is 1. The maximum atomic E-state index is 6.25. The van der Waals surface area contributed by atoms with Gasteiger partial charge in [-0.15, -0.1) is 0 Å². The summed E-state index contributed by atoms with van der Waals surface area (Å²) >= 11 is 12.5. The smallest absolute Gasteiger partial charge is 0.0894 e. The summed E-state index contributed by atoms with van der Waals surface area (Å²) in [5.41, 5.74) is 0.939. The first kappa shape index (κ1) is 14.1. The number of halogens is 2. The molecule has 1 N–H and O–H groups in total. The molecule has 0 aliphatic carbocycles.